The maximum Gasteiger partial charge on any atom is 0.165 e. The number of aryl methyl sites for hydroxylation is 1. The van der Waals surface area contributed by atoms with Crippen LogP contribution in [0.2, 0.25) is 0 Å². The molecule has 1 N–H and O–H groups in total. The maximum absolute atomic E-state index is 13.6. The molecule has 0 aliphatic carbocycles. The summed E-state index contributed by atoms with van der Waals surface area (Å²) >= 11 is 0. The van der Waals surface area contributed by atoms with Gasteiger partial charge in [0.1, 0.15) is 0 Å². The van der Waals surface area contributed by atoms with Crippen molar-refractivity contribution < 1.29 is 9.13 Å². The molecule has 0 saturated carbocycles. The monoisotopic (exact) mass is 273 g/mol. The second-order valence-electron chi connectivity index (χ2n) is 4.93. The van der Waals surface area contributed by atoms with E-state index in [1.165, 1.54) is 24.3 Å². The van der Waals surface area contributed by atoms with Gasteiger partial charge in [0.15, 0.2) is 11.6 Å². The summed E-state index contributed by atoms with van der Waals surface area (Å²) in [5.74, 6) is -0.0453. The molecule has 2 nitrogen and oxygen atoms in total. The Kier molecular flexibility index (Phi) is 4.74. The van der Waals surface area contributed by atoms with E-state index >= 15 is 0 Å². The minimum Gasteiger partial charge on any atom is -0.494 e. The molecule has 0 unspecified atom stereocenters. The number of methoxy groups -OCH3 is 1. The van der Waals surface area contributed by atoms with Gasteiger partial charge in [0.05, 0.1) is 7.11 Å². The Morgan fingerprint density at radius 1 is 1.20 bits per heavy atom. The van der Waals surface area contributed by atoms with Gasteiger partial charge < -0.3 is 10.1 Å². The van der Waals surface area contributed by atoms with Crippen molar-refractivity contribution in [3.63, 3.8) is 0 Å². The van der Waals surface area contributed by atoms with Crippen molar-refractivity contribution in [3.8, 4) is 5.75 Å². The Labute approximate surface area is 119 Å². The molecule has 0 aliphatic heterocycles. The highest BCUT2D eigenvalue weighted by Crippen LogP contribution is 2.20. The number of halogens is 1. The molecule has 1 atom stereocenters. The number of hydrogen-bond acceptors (Lipinski definition) is 2. The summed E-state index contributed by atoms with van der Waals surface area (Å²) in [6.07, 6.45) is 0. The van der Waals surface area contributed by atoms with Crippen molar-refractivity contribution in [2.45, 2.75) is 26.4 Å². The zero-order valence-electron chi connectivity index (χ0n) is 12.1. The van der Waals surface area contributed by atoms with Gasteiger partial charge in [-0.2, -0.15) is 0 Å². The van der Waals surface area contributed by atoms with Gasteiger partial charge >= 0.3 is 0 Å². The van der Waals surface area contributed by atoms with Crippen molar-refractivity contribution >= 4 is 0 Å². The Hall–Kier alpha value is -1.87. The van der Waals surface area contributed by atoms with Gasteiger partial charge in [0.2, 0.25) is 0 Å². The minimum atomic E-state index is -0.324. The summed E-state index contributed by atoms with van der Waals surface area (Å²) in [6.45, 7) is 4.83. The average molecular weight is 273 g/mol. The lowest BCUT2D eigenvalue weighted by molar-refractivity contribution is 0.386. The van der Waals surface area contributed by atoms with Gasteiger partial charge in [-0.05, 0) is 42.7 Å². The van der Waals surface area contributed by atoms with Gasteiger partial charge in [0, 0.05) is 12.6 Å². The highest BCUT2D eigenvalue weighted by atomic mass is 19.1. The van der Waals surface area contributed by atoms with Crippen LogP contribution in [0.5, 0.6) is 5.75 Å². The van der Waals surface area contributed by atoms with Crippen LogP contribution in [0.1, 0.15) is 29.7 Å². The van der Waals surface area contributed by atoms with Crippen LogP contribution in [-0.4, -0.2) is 7.11 Å². The van der Waals surface area contributed by atoms with Crippen molar-refractivity contribution in [1.82, 2.24) is 5.32 Å². The Morgan fingerprint density at radius 2 is 1.95 bits per heavy atom. The van der Waals surface area contributed by atoms with E-state index in [1.807, 2.05) is 18.2 Å². The molecule has 2 aromatic carbocycles. The fourth-order valence-electron chi connectivity index (χ4n) is 2.27. The first-order valence-electron chi connectivity index (χ1n) is 6.73. The van der Waals surface area contributed by atoms with Gasteiger partial charge in [-0.25, -0.2) is 4.39 Å². The summed E-state index contributed by atoms with van der Waals surface area (Å²) < 4.78 is 18.5. The highest BCUT2D eigenvalue weighted by Gasteiger charge is 2.08. The van der Waals surface area contributed by atoms with Crippen LogP contribution in [0.15, 0.2) is 42.5 Å². The van der Waals surface area contributed by atoms with Crippen LogP contribution in [0.25, 0.3) is 0 Å². The molecule has 0 fully saturated rings. The highest BCUT2D eigenvalue weighted by molar-refractivity contribution is 5.30. The first kappa shape index (κ1) is 14.5. The van der Waals surface area contributed by atoms with Gasteiger partial charge in [-0.15, -0.1) is 0 Å². The second-order valence-corrected chi connectivity index (χ2v) is 4.93. The number of hydrogen-bond donors (Lipinski definition) is 1. The molecule has 0 amide bonds. The largest absolute Gasteiger partial charge is 0.494 e. The van der Waals surface area contributed by atoms with Crippen LogP contribution < -0.4 is 10.1 Å². The topological polar surface area (TPSA) is 21.3 Å². The van der Waals surface area contributed by atoms with E-state index in [2.05, 4.69) is 31.3 Å². The smallest absolute Gasteiger partial charge is 0.165 e. The predicted octanol–water partition coefficient (Wildman–Crippen LogP) is 3.99. The Balaban J connectivity index is 2.02. The molecule has 0 aromatic heterocycles. The van der Waals surface area contributed by atoms with E-state index < -0.39 is 0 Å². The van der Waals surface area contributed by atoms with Gasteiger partial charge in [-0.3, -0.25) is 0 Å². The molecular formula is C17H20FNO. The first-order chi connectivity index (χ1) is 9.61. The normalized spacial score (nSPS) is 12.2. The van der Waals surface area contributed by atoms with E-state index in [0.717, 1.165) is 5.56 Å². The molecule has 2 rings (SSSR count). The summed E-state index contributed by atoms with van der Waals surface area (Å²) in [6, 6.07) is 13.5. The van der Waals surface area contributed by atoms with Crippen molar-refractivity contribution in [2.24, 2.45) is 0 Å². The third-order valence-corrected chi connectivity index (χ3v) is 3.48. The van der Waals surface area contributed by atoms with Crippen LogP contribution in [-0.2, 0) is 6.54 Å². The maximum atomic E-state index is 13.6. The molecule has 20 heavy (non-hydrogen) atoms. The lowest BCUT2D eigenvalue weighted by Gasteiger charge is -2.16. The van der Waals surface area contributed by atoms with Crippen LogP contribution in [0, 0.1) is 12.7 Å². The Bertz CT molecular complexity index is 583. The van der Waals surface area contributed by atoms with E-state index in [9.17, 15) is 4.39 Å². The third-order valence-electron chi connectivity index (χ3n) is 3.48. The fraction of sp³-hybridized carbons (Fsp3) is 0.294. The number of ether oxygens (including phenoxy) is 1. The molecule has 0 spiro atoms. The standard InChI is InChI=1S/C17H20FNO/c1-12-6-4-5-7-15(12)13(2)19-11-14-8-9-17(20-3)16(18)10-14/h4-10,13,19H,11H2,1-3H3/t13-/m1/s1. The molecule has 0 saturated heterocycles. The summed E-state index contributed by atoms with van der Waals surface area (Å²) in [5, 5.41) is 3.41. The van der Waals surface area contributed by atoms with E-state index in [-0.39, 0.29) is 17.6 Å². The summed E-state index contributed by atoms with van der Waals surface area (Å²) in [7, 11) is 1.47. The molecule has 3 heteroatoms. The van der Waals surface area contributed by atoms with E-state index in [0.29, 0.717) is 6.54 Å². The van der Waals surface area contributed by atoms with Crippen LogP contribution in [0.3, 0.4) is 0 Å². The first-order valence-corrected chi connectivity index (χ1v) is 6.73. The fourth-order valence-corrected chi connectivity index (χ4v) is 2.27. The number of benzene rings is 2. The molecule has 106 valence electrons. The van der Waals surface area contributed by atoms with E-state index in [4.69, 9.17) is 4.74 Å². The minimum absolute atomic E-state index is 0.223. The lowest BCUT2D eigenvalue weighted by Crippen LogP contribution is -2.19. The van der Waals surface area contributed by atoms with E-state index in [1.54, 1.807) is 6.07 Å². The number of nitrogens with one attached hydrogen (secondary N) is 1. The SMILES string of the molecule is COc1ccc(CN[C@H](C)c2ccccc2C)cc1F. The second kappa shape index (κ2) is 6.53. The van der Waals surface area contributed by atoms with Crippen molar-refractivity contribution in [1.29, 1.82) is 0 Å². The van der Waals surface area contributed by atoms with Crippen LogP contribution in [0.4, 0.5) is 4.39 Å². The molecule has 0 heterocycles. The van der Waals surface area contributed by atoms with Crippen molar-refractivity contribution in [3.05, 3.63) is 65.0 Å². The quantitative estimate of drug-likeness (QED) is 0.889. The van der Waals surface area contributed by atoms with Gasteiger partial charge in [-0.1, -0.05) is 30.3 Å². The Morgan fingerprint density at radius 3 is 2.60 bits per heavy atom. The lowest BCUT2D eigenvalue weighted by atomic mass is 10.0. The molecule has 0 bridgehead atoms. The van der Waals surface area contributed by atoms with Crippen LogP contribution >= 0.6 is 0 Å². The summed E-state index contributed by atoms with van der Waals surface area (Å²) in [4.78, 5) is 0. The average Bonchev–Trinajstić information content (AvgIpc) is 2.45. The zero-order chi connectivity index (χ0) is 14.5. The zero-order valence-corrected chi connectivity index (χ0v) is 12.1. The molecular weight excluding hydrogens is 253 g/mol. The molecule has 2 aromatic rings. The summed E-state index contributed by atoms with van der Waals surface area (Å²) in [5.41, 5.74) is 3.43. The molecule has 0 radical (unpaired) electrons. The third kappa shape index (κ3) is 3.36. The van der Waals surface area contributed by atoms with Gasteiger partial charge in [0.25, 0.3) is 0 Å². The van der Waals surface area contributed by atoms with Crippen molar-refractivity contribution in [2.75, 3.05) is 7.11 Å². The molecule has 0 aliphatic rings. The predicted molar refractivity (Wildman–Crippen MR) is 79.4 cm³/mol. The number of rotatable bonds is 5.